The van der Waals surface area contributed by atoms with Crippen molar-refractivity contribution in [2.24, 2.45) is 7.05 Å². The normalized spacial score (nSPS) is 13.8. The van der Waals surface area contributed by atoms with Crippen LogP contribution in [0, 0.1) is 6.92 Å². The summed E-state index contributed by atoms with van der Waals surface area (Å²) in [7, 11) is 3.45. The number of ether oxygens (including phenoxy) is 1. The van der Waals surface area contributed by atoms with E-state index in [1.165, 1.54) is 0 Å². The first kappa shape index (κ1) is 36.1. The fraction of sp³-hybridized carbons (Fsp3) is 0.393. The van der Waals surface area contributed by atoms with E-state index in [9.17, 15) is 9.90 Å². The van der Waals surface area contributed by atoms with Crippen molar-refractivity contribution in [2.45, 2.75) is 31.9 Å². The van der Waals surface area contributed by atoms with Gasteiger partial charge in [-0.05, 0) is 62.7 Å². The number of aromatic nitrogens is 3. The maximum Gasteiger partial charge on any atom is 0.414 e. The molecule has 1 aliphatic rings. The van der Waals surface area contributed by atoms with Crippen LogP contribution >= 0.6 is 0 Å². The lowest BCUT2D eigenvalue weighted by molar-refractivity contribution is -0.159. The second-order valence-electron chi connectivity index (χ2n) is 9.82. The van der Waals surface area contributed by atoms with Gasteiger partial charge in [0.25, 0.3) is 0 Å². The third-order valence-corrected chi connectivity index (χ3v) is 6.55. The zero-order valence-electron chi connectivity index (χ0n) is 24.8. The number of benzene rings is 1. The van der Waals surface area contributed by atoms with Gasteiger partial charge in [-0.2, -0.15) is 5.10 Å². The molecule has 1 fully saturated rings. The molecule has 17 heteroatoms. The quantitative estimate of drug-likeness (QED) is 0.165. The number of pyridine rings is 1. The molecule has 0 spiro atoms. The van der Waals surface area contributed by atoms with Gasteiger partial charge in [0.05, 0.1) is 31.0 Å². The van der Waals surface area contributed by atoms with Gasteiger partial charge in [-0.15, -0.1) is 0 Å². The molecule has 244 valence electrons. The Labute approximate surface area is 257 Å². The number of hydrogen-bond acceptors (Lipinski definition) is 11. The highest BCUT2D eigenvalue weighted by Crippen LogP contribution is 2.27. The number of hydrogen-bond donors (Lipinski definition) is 7. The average Bonchev–Trinajstić information content (AvgIpc) is 3.32. The molecule has 1 atom stereocenters. The standard InChI is InChI=1S/C24H32N6O3.2C2H2O4/c1-16-12-23(29(2)28-16)27-24(32)14-26-17-7-10-30(11-8-17)15-22(31)19-6-9-25-21-5-4-18(33-3)13-20(19)21;2*3-1(4)2(5)6/h4-6,9,12-13,17,22,26,31H,7-8,10-11,14-15H2,1-3H3,(H,27,32);2*(H,3,4)(H,5,6)/t22-;;/m0../s1. The molecule has 17 nitrogen and oxygen atoms in total. The summed E-state index contributed by atoms with van der Waals surface area (Å²) in [5, 5.41) is 51.9. The van der Waals surface area contributed by atoms with Gasteiger partial charge in [-0.3, -0.25) is 14.5 Å². The first-order valence-electron chi connectivity index (χ1n) is 13.5. The molecule has 0 unspecified atom stereocenters. The fourth-order valence-corrected chi connectivity index (χ4v) is 4.38. The number of aliphatic carboxylic acids is 4. The van der Waals surface area contributed by atoms with Gasteiger partial charge in [-0.25, -0.2) is 19.2 Å². The highest BCUT2D eigenvalue weighted by Gasteiger charge is 2.23. The number of nitrogens with one attached hydrogen (secondary N) is 2. The van der Waals surface area contributed by atoms with E-state index >= 15 is 0 Å². The van der Waals surface area contributed by atoms with Crippen molar-refractivity contribution in [1.82, 2.24) is 25.0 Å². The monoisotopic (exact) mass is 632 g/mol. The molecule has 45 heavy (non-hydrogen) atoms. The molecule has 0 radical (unpaired) electrons. The van der Waals surface area contributed by atoms with E-state index in [2.05, 4.69) is 25.6 Å². The number of anilines is 1. The van der Waals surface area contributed by atoms with E-state index in [-0.39, 0.29) is 18.5 Å². The maximum atomic E-state index is 12.3. The predicted octanol–water partition coefficient (Wildman–Crippen LogP) is 0.323. The van der Waals surface area contributed by atoms with Crippen LogP contribution in [-0.2, 0) is 31.0 Å². The van der Waals surface area contributed by atoms with E-state index in [1.807, 2.05) is 44.3 Å². The zero-order chi connectivity index (χ0) is 33.7. The third-order valence-electron chi connectivity index (χ3n) is 6.55. The highest BCUT2D eigenvalue weighted by atomic mass is 16.5. The number of piperidine rings is 1. The Morgan fingerprint density at radius 2 is 1.58 bits per heavy atom. The third kappa shape index (κ3) is 11.8. The Morgan fingerprint density at radius 1 is 0.978 bits per heavy atom. The average molecular weight is 633 g/mol. The van der Waals surface area contributed by atoms with E-state index in [4.69, 9.17) is 44.3 Å². The molecule has 7 N–H and O–H groups in total. The minimum absolute atomic E-state index is 0.0733. The number of aryl methyl sites for hydroxylation is 2. The molecular formula is C28H36N6O11. The smallest absolute Gasteiger partial charge is 0.414 e. The van der Waals surface area contributed by atoms with Crippen molar-refractivity contribution < 1.29 is 54.2 Å². The molecule has 4 rings (SSSR count). The lowest BCUT2D eigenvalue weighted by Crippen LogP contribution is -2.45. The molecule has 1 aliphatic heterocycles. The number of amides is 1. The number of β-amino-alcohol motifs (C(OH)–C–C–N with tert-alkyl or cyclic N) is 1. The minimum Gasteiger partial charge on any atom is -0.497 e. The molecule has 0 bridgehead atoms. The van der Waals surface area contributed by atoms with E-state index in [1.54, 1.807) is 18.0 Å². The van der Waals surface area contributed by atoms with Crippen LogP contribution < -0.4 is 15.4 Å². The Hall–Kier alpha value is -5.13. The van der Waals surface area contributed by atoms with Crippen molar-refractivity contribution in [1.29, 1.82) is 0 Å². The second-order valence-corrected chi connectivity index (χ2v) is 9.82. The number of carboxylic acids is 4. The van der Waals surface area contributed by atoms with E-state index < -0.39 is 30.0 Å². The van der Waals surface area contributed by atoms with Gasteiger partial charge in [0.1, 0.15) is 11.6 Å². The zero-order valence-corrected chi connectivity index (χ0v) is 24.8. The van der Waals surface area contributed by atoms with E-state index in [0.29, 0.717) is 12.4 Å². The molecule has 1 amide bonds. The van der Waals surface area contributed by atoms with Crippen LogP contribution in [0.4, 0.5) is 5.82 Å². The summed E-state index contributed by atoms with van der Waals surface area (Å²) in [5.41, 5.74) is 2.57. The molecule has 3 heterocycles. The highest BCUT2D eigenvalue weighted by molar-refractivity contribution is 6.27. The predicted molar refractivity (Wildman–Crippen MR) is 158 cm³/mol. The molecule has 1 saturated heterocycles. The van der Waals surface area contributed by atoms with Gasteiger partial charge in [0.15, 0.2) is 0 Å². The first-order chi connectivity index (χ1) is 21.2. The van der Waals surface area contributed by atoms with Gasteiger partial charge in [-0.1, -0.05) is 0 Å². The van der Waals surface area contributed by atoms with Crippen LogP contribution in [0.25, 0.3) is 10.9 Å². The van der Waals surface area contributed by atoms with Crippen LogP contribution in [0.3, 0.4) is 0 Å². The van der Waals surface area contributed by atoms with Gasteiger partial charge in [0, 0.05) is 37.3 Å². The van der Waals surface area contributed by atoms with Crippen molar-refractivity contribution in [3.8, 4) is 5.75 Å². The van der Waals surface area contributed by atoms with Crippen molar-refractivity contribution in [3.63, 3.8) is 0 Å². The molecule has 0 saturated carbocycles. The van der Waals surface area contributed by atoms with Crippen LogP contribution in [-0.4, -0.2) is 114 Å². The maximum absolute atomic E-state index is 12.3. The number of carbonyl (C=O) groups excluding carboxylic acids is 1. The number of aliphatic hydroxyl groups is 1. The van der Waals surface area contributed by atoms with Crippen molar-refractivity contribution >= 4 is 46.5 Å². The number of methoxy groups -OCH3 is 1. The Balaban J connectivity index is 0.000000499. The lowest BCUT2D eigenvalue weighted by atomic mass is 10.0. The van der Waals surface area contributed by atoms with Gasteiger partial charge in [0.2, 0.25) is 5.91 Å². The molecule has 3 aromatic rings. The molecule has 0 aliphatic carbocycles. The van der Waals surface area contributed by atoms with Crippen molar-refractivity contribution in [2.75, 3.05) is 38.6 Å². The molecule has 1 aromatic carbocycles. The second kappa shape index (κ2) is 17.2. The Kier molecular flexibility index (Phi) is 13.8. The largest absolute Gasteiger partial charge is 0.497 e. The number of fused-ring (bicyclic) bond motifs is 1. The summed E-state index contributed by atoms with van der Waals surface area (Å²) in [6, 6.07) is 9.72. The Morgan fingerprint density at radius 3 is 2.09 bits per heavy atom. The van der Waals surface area contributed by atoms with Crippen LogP contribution in [0.5, 0.6) is 5.75 Å². The number of nitrogens with zero attached hydrogens (tertiary/aromatic N) is 4. The molecule has 2 aromatic heterocycles. The summed E-state index contributed by atoms with van der Waals surface area (Å²) in [6.45, 7) is 4.45. The fourth-order valence-electron chi connectivity index (χ4n) is 4.38. The lowest BCUT2D eigenvalue weighted by Gasteiger charge is -2.33. The summed E-state index contributed by atoms with van der Waals surface area (Å²) >= 11 is 0. The number of likely N-dealkylation sites (tertiary alicyclic amines) is 1. The number of carbonyl (C=O) groups is 5. The minimum atomic E-state index is -1.82. The SMILES string of the molecule is COc1ccc2nccc([C@@H](O)CN3CCC(NCC(=O)Nc4cc(C)nn4C)CC3)c2c1.O=C(O)C(=O)O.O=C(O)C(=O)O. The summed E-state index contributed by atoms with van der Waals surface area (Å²) in [4.78, 5) is 55.3. The van der Waals surface area contributed by atoms with E-state index in [0.717, 1.165) is 53.8 Å². The van der Waals surface area contributed by atoms with Crippen LogP contribution in [0.15, 0.2) is 36.5 Å². The topological polar surface area (TPSA) is 254 Å². The summed E-state index contributed by atoms with van der Waals surface area (Å²) in [6.07, 6.45) is 2.98. The summed E-state index contributed by atoms with van der Waals surface area (Å²) in [5.74, 6) is -5.92. The number of aliphatic hydroxyl groups excluding tert-OH is 1. The number of carboxylic acid groups (broad SMARTS) is 4. The van der Waals surface area contributed by atoms with Crippen LogP contribution in [0.2, 0.25) is 0 Å². The Bertz CT molecular complexity index is 1450. The first-order valence-corrected chi connectivity index (χ1v) is 13.5. The number of rotatable bonds is 8. The van der Waals surface area contributed by atoms with Crippen LogP contribution in [0.1, 0.15) is 30.2 Å². The van der Waals surface area contributed by atoms with Crippen molar-refractivity contribution in [3.05, 3.63) is 47.8 Å². The molecular weight excluding hydrogens is 596 g/mol. The van der Waals surface area contributed by atoms with Gasteiger partial charge < -0.3 is 45.8 Å². The summed E-state index contributed by atoms with van der Waals surface area (Å²) < 4.78 is 7.00. The van der Waals surface area contributed by atoms with Gasteiger partial charge >= 0.3 is 23.9 Å².